The van der Waals surface area contributed by atoms with E-state index in [2.05, 4.69) is 25.9 Å². The third-order valence-electron chi connectivity index (χ3n) is 2.43. The summed E-state index contributed by atoms with van der Waals surface area (Å²) in [4.78, 5) is 0. The van der Waals surface area contributed by atoms with Crippen molar-refractivity contribution in [1.29, 1.82) is 5.26 Å². The molecule has 2 rings (SSSR count). The largest absolute Gasteiger partial charge is 0.416 e. The normalized spacial score (nSPS) is 12.1. The van der Waals surface area contributed by atoms with E-state index in [1.165, 1.54) is 0 Å². The third-order valence-corrected chi connectivity index (χ3v) is 2.71. The molecule has 0 saturated carbocycles. The van der Waals surface area contributed by atoms with Crippen molar-refractivity contribution in [2.75, 3.05) is 5.32 Å². The van der Waals surface area contributed by atoms with Crippen LogP contribution < -0.4 is 5.32 Å². The monoisotopic (exact) mass is 332 g/mol. The Morgan fingerprint density at radius 1 is 1.41 bits per heavy atom. The Kier molecular flexibility index (Phi) is 4.27. The van der Waals surface area contributed by atoms with Crippen molar-refractivity contribution in [1.82, 2.24) is 20.6 Å². The molecule has 0 radical (unpaired) electrons. The minimum Gasteiger partial charge on any atom is -0.358 e. The van der Waals surface area contributed by atoms with Crippen LogP contribution in [0.1, 0.15) is 11.4 Å². The summed E-state index contributed by atoms with van der Waals surface area (Å²) in [5.74, 6) is -1.19. The molecular formula is C11H5ClF4N6. The van der Waals surface area contributed by atoms with E-state index < -0.39 is 28.3 Å². The van der Waals surface area contributed by atoms with E-state index in [1.54, 1.807) is 6.07 Å². The summed E-state index contributed by atoms with van der Waals surface area (Å²) in [6.07, 6.45) is -3.75. The predicted molar refractivity (Wildman–Crippen MR) is 67.8 cm³/mol. The molecule has 114 valence electrons. The summed E-state index contributed by atoms with van der Waals surface area (Å²) in [6.45, 7) is 0. The number of aromatic nitrogens is 4. The number of H-pyrrole nitrogens is 1. The Bertz CT molecular complexity index is 747. The number of anilines is 1. The number of aromatic amines is 1. The lowest BCUT2D eigenvalue weighted by molar-refractivity contribution is -0.137. The Balaban J connectivity index is 2.37. The van der Waals surface area contributed by atoms with Crippen molar-refractivity contribution in [3.05, 3.63) is 40.6 Å². The Morgan fingerprint density at radius 2 is 2.14 bits per heavy atom. The molecule has 1 aromatic carbocycles. The minimum atomic E-state index is -4.69. The maximum absolute atomic E-state index is 13.7. The van der Waals surface area contributed by atoms with Gasteiger partial charge in [-0.05, 0) is 17.3 Å². The van der Waals surface area contributed by atoms with Gasteiger partial charge < -0.3 is 5.32 Å². The van der Waals surface area contributed by atoms with E-state index in [1.807, 2.05) is 0 Å². The molecule has 0 unspecified atom stereocenters. The number of benzene rings is 1. The summed E-state index contributed by atoms with van der Waals surface area (Å²) in [5.41, 5.74) is -1.84. The zero-order valence-electron chi connectivity index (χ0n) is 10.4. The molecule has 0 aliphatic heterocycles. The molecule has 0 saturated heterocycles. The van der Waals surface area contributed by atoms with Crippen molar-refractivity contribution < 1.29 is 17.6 Å². The van der Waals surface area contributed by atoms with Gasteiger partial charge in [0.25, 0.3) is 0 Å². The smallest absolute Gasteiger partial charge is 0.358 e. The Hall–Kier alpha value is -2.67. The van der Waals surface area contributed by atoms with Gasteiger partial charge in [0.1, 0.15) is 11.6 Å². The lowest BCUT2D eigenvalue weighted by atomic mass is 10.2. The summed E-state index contributed by atoms with van der Waals surface area (Å²) in [6, 6.07) is 2.69. The quantitative estimate of drug-likeness (QED) is 0.666. The van der Waals surface area contributed by atoms with Gasteiger partial charge in [0, 0.05) is 6.20 Å². The van der Waals surface area contributed by atoms with Crippen LogP contribution in [0, 0.1) is 17.1 Å². The molecule has 0 fully saturated rings. The van der Waals surface area contributed by atoms with Crippen molar-refractivity contribution in [3.63, 3.8) is 0 Å². The van der Waals surface area contributed by atoms with Crippen molar-refractivity contribution in [3.8, 4) is 6.07 Å². The van der Waals surface area contributed by atoms with Gasteiger partial charge in [-0.25, -0.2) is 4.39 Å². The van der Waals surface area contributed by atoms with Crippen LogP contribution >= 0.6 is 11.6 Å². The van der Waals surface area contributed by atoms with Gasteiger partial charge >= 0.3 is 6.18 Å². The number of hydrogen-bond donors (Lipinski definition) is 2. The van der Waals surface area contributed by atoms with Gasteiger partial charge in [0.2, 0.25) is 5.82 Å². The average Bonchev–Trinajstić information content (AvgIpc) is 2.96. The van der Waals surface area contributed by atoms with E-state index in [0.717, 1.165) is 6.20 Å². The number of nitrogens with one attached hydrogen (secondary N) is 2. The zero-order valence-corrected chi connectivity index (χ0v) is 11.2. The SMILES string of the molecule is N#CC(=CNc1cc(C(F)(F)F)cc(Cl)c1F)c1nn[nH]n1. The van der Waals surface area contributed by atoms with E-state index in [0.29, 0.717) is 12.1 Å². The second-order valence-electron chi connectivity index (χ2n) is 3.87. The molecule has 11 heteroatoms. The van der Waals surface area contributed by atoms with Crippen molar-refractivity contribution in [2.45, 2.75) is 6.18 Å². The maximum atomic E-state index is 13.7. The third kappa shape index (κ3) is 3.32. The molecule has 2 aromatic rings. The number of halogens is 5. The number of nitrogens with zero attached hydrogens (tertiary/aromatic N) is 4. The van der Waals surface area contributed by atoms with Gasteiger partial charge in [-0.2, -0.15) is 23.6 Å². The van der Waals surface area contributed by atoms with Crippen LogP contribution in [-0.4, -0.2) is 20.6 Å². The first-order chi connectivity index (χ1) is 10.3. The Labute approximate surface area is 125 Å². The van der Waals surface area contributed by atoms with E-state index in [-0.39, 0.29) is 11.4 Å². The second kappa shape index (κ2) is 5.98. The summed E-state index contributed by atoms with van der Waals surface area (Å²) in [5, 5.41) is 22.8. The van der Waals surface area contributed by atoms with Crippen LogP contribution in [0.3, 0.4) is 0 Å². The highest BCUT2D eigenvalue weighted by Gasteiger charge is 2.32. The fraction of sp³-hybridized carbons (Fsp3) is 0.0909. The highest BCUT2D eigenvalue weighted by Crippen LogP contribution is 2.35. The van der Waals surface area contributed by atoms with E-state index in [9.17, 15) is 17.6 Å². The number of nitriles is 1. The molecule has 0 aliphatic carbocycles. The molecule has 2 N–H and O–H groups in total. The van der Waals surface area contributed by atoms with E-state index >= 15 is 0 Å². The zero-order chi connectivity index (χ0) is 16.3. The molecule has 0 aliphatic rings. The number of alkyl halides is 3. The highest BCUT2D eigenvalue weighted by molar-refractivity contribution is 6.31. The standard InChI is InChI=1S/C11H5ClF4N6/c12-7-1-6(11(14,15)16)2-8(9(7)13)18-4-5(3-17)10-19-21-22-20-10/h1-2,4,18H,(H,19,20,21,22). The molecule has 1 aromatic heterocycles. The molecule has 0 bridgehead atoms. The van der Waals surface area contributed by atoms with Gasteiger partial charge in [-0.3, -0.25) is 0 Å². The first kappa shape index (κ1) is 15.7. The van der Waals surface area contributed by atoms with Crippen molar-refractivity contribution in [2.24, 2.45) is 0 Å². The molecular weight excluding hydrogens is 328 g/mol. The van der Waals surface area contributed by atoms with E-state index in [4.69, 9.17) is 16.9 Å². The van der Waals surface area contributed by atoms with Gasteiger partial charge in [0.15, 0.2) is 5.82 Å². The summed E-state index contributed by atoms with van der Waals surface area (Å²) >= 11 is 5.43. The number of rotatable bonds is 3. The molecule has 22 heavy (non-hydrogen) atoms. The fourth-order valence-corrected chi connectivity index (χ4v) is 1.65. The van der Waals surface area contributed by atoms with Crippen LogP contribution in [0.5, 0.6) is 0 Å². The highest BCUT2D eigenvalue weighted by atomic mass is 35.5. The number of hydrogen-bond acceptors (Lipinski definition) is 5. The first-order valence-electron chi connectivity index (χ1n) is 5.49. The average molecular weight is 333 g/mol. The summed E-state index contributed by atoms with van der Waals surface area (Å²) < 4.78 is 51.7. The van der Waals surface area contributed by atoms with Crippen LogP contribution in [0.4, 0.5) is 23.2 Å². The van der Waals surface area contributed by atoms with Crippen LogP contribution in [0.2, 0.25) is 5.02 Å². The summed E-state index contributed by atoms with van der Waals surface area (Å²) in [7, 11) is 0. The first-order valence-corrected chi connectivity index (χ1v) is 5.87. The van der Waals surface area contributed by atoms with Gasteiger partial charge in [0.05, 0.1) is 16.3 Å². The molecule has 1 heterocycles. The maximum Gasteiger partial charge on any atom is 0.416 e. The predicted octanol–water partition coefficient (Wildman–Crippen LogP) is 2.99. The second-order valence-corrected chi connectivity index (χ2v) is 4.27. The molecule has 0 amide bonds. The van der Waals surface area contributed by atoms with Crippen LogP contribution in [-0.2, 0) is 6.18 Å². The van der Waals surface area contributed by atoms with Gasteiger partial charge in [-0.1, -0.05) is 11.6 Å². The molecule has 0 atom stereocenters. The topological polar surface area (TPSA) is 90.3 Å². The minimum absolute atomic E-state index is 0.103. The lowest BCUT2D eigenvalue weighted by Gasteiger charge is -2.11. The number of tetrazole rings is 1. The fourth-order valence-electron chi connectivity index (χ4n) is 1.43. The molecule has 0 spiro atoms. The molecule has 6 nitrogen and oxygen atoms in total. The Morgan fingerprint density at radius 3 is 2.68 bits per heavy atom. The van der Waals surface area contributed by atoms with Gasteiger partial charge in [-0.15, -0.1) is 10.2 Å². The number of allylic oxidation sites excluding steroid dienone is 1. The van der Waals surface area contributed by atoms with Crippen LogP contribution in [0.15, 0.2) is 18.3 Å². The lowest BCUT2D eigenvalue weighted by Crippen LogP contribution is -2.07. The van der Waals surface area contributed by atoms with Crippen LogP contribution in [0.25, 0.3) is 5.57 Å². The van der Waals surface area contributed by atoms with Crippen molar-refractivity contribution >= 4 is 22.9 Å².